The number of hydrogen-bond acceptors (Lipinski definition) is 2. The third kappa shape index (κ3) is 10.7. The summed E-state index contributed by atoms with van der Waals surface area (Å²) < 4.78 is 0. The zero-order valence-corrected chi connectivity index (χ0v) is 9.78. The molecule has 0 aliphatic carbocycles. The Labute approximate surface area is 79.3 Å². The van der Waals surface area contributed by atoms with E-state index in [1.165, 1.54) is 24.3 Å². The van der Waals surface area contributed by atoms with Crippen LogP contribution < -0.4 is 0 Å². The first-order valence-corrected chi connectivity index (χ1v) is 6.79. The SMILES string of the molecule is CCCSSCCC(C)(C)C. The summed E-state index contributed by atoms with van der Waals surface area (Å²) in [6.45, 7) is 9.14. The van der Waals surface area contributed by atoms with Crippen LogP contribution in [-0.2, 0) is 0 Å². The van der Waals surface area contributed by atoms with Gasteiger partial charge < -0.3 is 0 Å². The molecule has 0 aliphatic rings. The van der Waals surface area contributed by atoms with Crippen LogP contribution in [0.3, 0.4) is 0 Å². The van der Waals surface area contributed by atoms with Crippen molar-refractivity contribution in [3.63, 3.8) is 0 Å². The summed E-state index contributed by atoms with van der Waals surface area (Å²) in [4.78, 5) is 0. The fourth-order valence-electron chi connectivity index (χ4n) is 0.549. The fraction of sp³-hybridized carbons (Fsp3) is 1.00. The van der Waals surface area contributed by atoms with Crippen molar-refractivity contribution in [1.82, 2.24) is 0 Å². The summed E-state index contributed by atoms with van der Waals surface area (Å²) >= 11 is 0. The molecular formula is C9H20S2. The minimum atomic E-state index is 0.514. The Bertz CT molecular complexity index is 84.1. The average molecular weight is 192 g/mol. The monoisotopic (exact) mass is 192 g/mol. The molecule has 0 saturated heterocycles. The lowest BCUT2D eigenvalue weighted by atomic mass is 9.94. The lowest BCUT2D eigenvalue weighted by molar-refractivity contribution is 0.402. The summed E-state index contributed by atoms with van der Waals surface area (Å²) in [5, 5.41) is 0. The van der Waals surface area contributed by atoms with Gasteiger partial charge in [-0.2, -0.15) is 0 Å². The maximum absolute atomic E-state index is 2.30. The van der Waals surface area contributed by atoms with Gasteiger partial charge in [0.1, 0.15) is 0 Å². The van der Waals surface area contributed by atoms with Gasteiger partial charge in [0, 0.05) is 11.5 Å². The summed E-state index contributed by atoms with van der Waals surface area (Å²) in [5.41, 5.74) is 0.514. The molecule has 0 unspecified atom stereocenters. The molecule has 0 saturated carbocycles. The van der Waals surface area contributed by atoms with E-state index in [0.29, 0.717) is 5.41 Å². The highest BCUT2D eigenvalue weighted by Crippen LogP contribution is 2.28. The van der Waals surface area contributed by atoms with Crippen LogP contribution in [0.2, 0.25) is 0 Å². The van der Waals surface area contributed by atoms with Gasteiger partial charge in [-0.05, 0) is 18.3 Å². The largest absolute Gasteiger partial charge is 0.0942 e. The van der Waals surface area contributed by atoms with Crippen LogP contribution in [0.25, 0.3) is 0 Å². The van der Waals surface area contributed by atoms with Crippen molar-refractivity contribution in [3.05, 3.63) is 0 Å². The fourth-order valence-corrected chi connectivity index (χ4v) is 3.10. The van der Waals surface area contributed by atoms with Gasteiger partial charge in [0.2, 0.25) is 0 Å². The molecule has 0 amide bonds. The molecule has 0 atom stereocenters. The second kappa shape index (κ2) is 6.24. The first-order chi connectivity index (χ1) is 5.06. The smallest absolute Gasteiger partial charge is 0.00419 e. The third-order valence-electron chi connectivity index (χ3n) is 1.31. The standard InChI is InChI=1S/C9H20S2/c1-5-7-10-11-8-6-9(2,3)4/h5-8H2,1-4H3. The molecule has 68 valence electrons. The highest BCUT2D eigenvalue weighted by atomic mass is 33.1. The molecule has 0 N–H and O–H groups in total. The quantitative estimate of drug-likeness (QED) is 0.472. The first kappa shape index (κ1) is 11.7. The van der Waals surface area contributed by atoms with Crippen molar-refractivity contribution in [3.8, 4) is 0 Å². The summed E-state index contributed by atoms with van der Waals surface area (Å²) in [6.07, 6.45) is 2.63. The molecule has 0 nitrogen and oxygen atoms in total. The van der Waals surface area contributed by atoms with E-state index >= 15 is 0 Å². The molecule has 0 radical (unpaired) electrons. The predicted octanol–water partition coefficient (Wildman–Crippen LogP) is 4.21. The predicted molar refractivity (Wildman–Crippen MR) is 59.3 cm³/mol. The van der Waals surface area contributed by atoms with E-state index < -0.39 is 0 Å². The van der Waals surface area contributed by atoms with Gasteiger partial charge in [0.05, 0.1) is 0 Å². The van der Waals surface area contributed by atoms with Crippen molar-refractivity contribution in [2.75, 3.05) is 11.5 Å². The van der Waals surface area contributed by atoms with Crippen molar-refractivity contribution in [2.24, 2.45) is 5.41 Å². The Morgan fingerprint density at radius 1 is 1.00 bits per heavy atom. The van der Waals surface area contributed by atoms with E-state index in [4.69, 9.17) is 0 Å². The number of hydrogen-bond donors (Lipinski definition) is 0. The van der Waals surface area contributed by atoms with Gasteiger partial charge in [-0.3, -0.25) is 0 Å². The van der Waals surface area contributed by atoms with Gasteiger partial charge in [-0.15, -0.1) is 0 Å². The molecule has 0 bridgehead atoms. The van der Waals surface area contributed by atoms with Gasteiger partial charge in [0.15, 0.2) is 0 Å². The van der Waals surface area contributed by atoms with E-state index in [2.05, 4.69) is 27.7 Å². The van der Waals surface area contributed by atoms with Crippen LogP contribution in [0.1, 0.15) is 40.5 Å². The molecular weight excluding hydrogens is 172 g/mol. The first-order valence-electron chi connectivity index (χ1n) is 4.30. The molecule has 11 heavy (non-hydrogen) atoms. The Morgan fingerprint density at radius 2 is 1.55 bits per heavy atom. The molecule has 0 rings (SSSR count). The maximum atomic E-state index is 2.30. The van der Waals surface area contributed by atoms with Crippen molar-refractivity contribution in [2.45, 2.75) is 40.5 Å². The van der Waals surface area contributed by atoms with Crippen LogP contribution in [0, 0.1) is 5.41 Å². The summed E-state index contributed by atoms with van der Waals surface area (Å²) in [6, 6.07) is 0. The molecule has 0 aromatic carbocycles. The Hall–Kier alpha value is 0.700. The van der Waals surface area contributed by atoms with Crippen molar-refractivity contribution >= 4 is 21.6 Å². The van der Waals surface area contributed by atoms with Crippen LogP contribution >= 0.6 is 21.6 Å². The maximum Gasteiger partial charge on any atom is 0.00419 e. The van der Waals surface area contributed by atoms with E-state index in [1.807, 2.05) is 21.6 Å². The summed E-state index contributed by atoms with van der Waals surface area (Å²) in [5.74, 6) is 2.60. The van der Waals surface area contributed by atoms with Gasteiger partial charge in [-0.1, -0.05) is 49.3 Å². The minimum Gasteiger partial charge on any atom is -0.0942 e. The van der Waals surface area contributed by atoms with Crippen LogP contribution in [0.4, 0.5) is 0 Å². The Kier molecular flexibility index (Phi) is 6.64. The van der Waals surface area contributed by atoms with Crippen LogP contribution in [-0.4, -0.2) is 11.5 Å². The van der Waals surface area contributed by atoms with Gasteiger partial charge in [0.25, 0.3) is 0 Å². The molecule has 0 aliphatic heterocycles. The van der Waals surface area contributed by atoms with E-state index in [1.54, 1.807) is 0 Å². The highest BCUT2D eigenvalue weighted by molar-refractivity contribution is 8.76. The van der Waals surface area contributed by atoms with E-state index in [0.717, 1.165) is 0 Å². The van der Waals surface area contributed by atoms with Crippen LogP contribution in [0.15, 0.2) is 0 Å². The van der Waals surface area contributed by atoms with Crippen LogP contribution in [0.5, 0.6) is 0 Å². The molecule has 0 aromatic rings. The normalized spacial score (nSPS) is 12.0. The zero-order chi connectivity index (χ0) is 8.74. The summed E-state index contributed by atoms with van der Waals surface area (Å²) in [7, 11) is 4.03. The molecule has 0 spiro atoms. The third-order valence-corrected chi connectivity index (χ3v) is 3.92. The zero-order valence-electron chi connectivity index (χ0n) is 8.14. The van der Waals surface area contributed by atoms with Crippen molar-refractivity contribution in [1.29, 1.82) is 0 Å². The second-order valence-electron chi connectivity index (χ2n) is 3.95. The van der Waals surface area contributed by atoms with Gasteiger partial charge in [-0.25, -0.2) is 0 Å². The van der Waals surface area contributed by atoms with Crippen molar-refractivity contribution < 1.29 is 0 Å². The lowest BCUT2D eigenvalue weighted by Gasteiger charge is -2.16. The van der Waals surface area contributed by atoms with E-state index in [-0.39, 0.29) is 0 Å². The molecule has 0 aromatic heterocycles. The topological polar surface area (TPSA) is 0 Å². The minimum absolute atomic E-state index is 0.514. The second-order valence-corrected chi connectivity index (χ2v) is 6.66. The number of rotatable bonds is 5. The molecule has 2 heteroatoms. The Balaban J connectivity index is 3.02. The highest BCUT2D eigenvalue weighted by Gasteiger charge is 2.08. The lowest BCUT2D eigenvalue weighted by Crippen LogP contribution is -2.05. The van der Waals surface area contributed by atoms with E-state index in [9.17, 15) is 0 Å². The molecule has 0 heterocycles. The molecule has 0 fully saturated rings. The average Bonchev–Trinajstić information content (AvgIpc) is 1.85. The van der Waals surface area contributed by atoms with Gasteiger partial charge >= 0.3 is 0 Å². The Morgan fingerprint density at radius 3 is 2.00 bits per heavy atom.